The van der Waals surface area contributed by atoms with E-state index in [4.69, 9.17) is 16.3 Å². The fourth-order valence-electron chi connectivity index (χ4n) is 2.85. The van der Waals surface area contributed by atoms with Crippen LogP contribution in [0.1, 0.15) is 12.8 Å². The smallest absolute Gasteiger partial charge is 0.355 e. The first-order valence-electron chi connectivity index (χ1n) is 9.76. The number of anilines is 2. The van der Waals surface area contributed by atoms with Crippen molar-refractivity contribution in [2.75, 3.05) is 30.5 Å². The highest BCUT2D eigenvalue weighted by Gasteiger charge is 2.27. The molecule has 1 N–H and O–H groups in total. The number of hydrogen-bond donors (Lipinski definition) is 1. The van der Waals surface area contributed by atoms with E-state index >= 15 is 0 Å². The summed E-state index contributed by atoms with van der Waals surface area (Å²) in [5, 5.41) is 8.21. The van der Waals surface area contributed by atoms with E-state index in [0.717, 1.165) is 9.91 Å². The van der Waals surface area contributed by atoms with Gasteiger partial charge in [0.2, 0.25) is 11.8 Å². The highest BCUT2D eigenvalue weighted by atomic mass is 35.5. The number of carbonyl (C=O) groups is 4. The van der Waals surface area contributed by atoms with Crippen molar-refractivity contribution in [1.82, 2.24) is 4.90 Å². The monoisotopic (exact) mass is 456 g/mol. The second kappa shape index (κ2) is 10.5. The molecule has 0 atom stereocenters. The normalized spacial score (nSPS) is 13.2. The minimum Gasteiger partial charge on any atom is -0.451 e. The van der Waals surface area contributed by atoms with Crippen LogP contribution < -0.4 is 10.3 Å². The van der Waals surface area contributed by atoms with Crippen molar-refractivity contribution in [3.63, 3.8) is 0 Å². The van der Waals surface area contributed by atoms with Gasteiger partial charge in [-0.3, -0.25) is 14.4 Å². The lowest BCUT2D eigenvalue weighted by Gasteiger charge is -2.23. The molecule has 166 valence electrons. The Labute approximate surface area is 189 Å². The van der Waals surface area contributed by atoms with E-state index in [2.05, 4.69) is 10.4 Å². The number of esters is 1. The average Bonchev–Trinajstić information content (AvgIpc) is 2.79. The number of para-hydroxylation sites is 2. The average molecular weight is 457 g/mol. The van der Waals surface area contributed by atoms with Gasteiger partial charge < -0.3 is 15.0 Å². The molecule has 1 heterocycles. The molecule has 10 heteroatoms. The van der Waals surface area contributed by atoms with Crippen LogP contribution in [0.2, 0.25) is 5.02 Å². The van der Waals surface area contributed by atoms with E-state index in [9.17, 15) is 19.2 Å². The maximum absolute atomic E-state index is 12.4. The van der Waals surface area contributed by atoms with Crippen LogP contribution in [-0.2, 0) is 23.9 Å². The third-order valence-corrected chi connectivity index (χ3v) is 4.88. The predicted octanol–water partition coefficient (Wildman–Crippen LogP) is 2.46. The number of amides is 3. The Kier molecular flexibility index (Phi) is 7.56. The molecule has 0 fully saturated rings. The minimum absolute atomic E-state index is 0.0420. The highest BCUT2D eigenvalue weighted by Crippen LogP contribution is 2.21. The van der Waals surface area contributed by atoms with Crippen molar-refractivity contribution >= 4 is 52.4 Å². The number of rotatable bonds is 7. The van der Waals surface area contributed by atoms with E-state index in [1.807, 2.05) is 0 Å². The molecule has 2 aromatic carbocycles. The lowest BCUT2D eigenvalue weighted by molar-refractivity contribution is -0.146. The van der Waals surface area contributed by atoms with Crippen molar-refractivity contribution in [3.05, 3.63) is 59.6 Å². The number of nitrogens with zero attached hydrogens (tertiary/aromatic N) is 3. The first-order valence-corrected chi connectivity index (χ1v) is 10.1. The number of hydrogen-bond acceptors (Lipinski definition) is 6. The number of ether oxygens (including phenoxy) is 1. The van der Waals surface area contributed by atoms with Crippen molar-refractivity contribution in [3.8, 4) is 0 Å². The summed E-state index contributed by atoms with van der Waals surface area (Å²) < 4.78 is 5.05. The number of hydrazone groups is 1. The van der Waals surface area contributed by atoms with Crippen LogP contribution in [-0.4, -0.2) is 54.5 Å². The Bertz CT molecular complexity index is 1060. The molecule has 1 aliphatic heterocycles. The van der Waals surface area contributed by atoms with Gasteiger partial charge in [-0.05, 0) is 24.3 Å². The van der Waals surface area contributed by atoms with Crippen LogP contribution >= 0.6 is 11.6 Å². The van der Waals surface area contributed by atoms with E-state index in [-0.39, 0.29) is 31.0 Å². The molecule has 0 aromatic heterocycles. The van der Waals surface area contributed by atoms with E-state index < -0.39 is 24.4 Å². The molecule has 2 aromatic rings. The van der Waals surface area contributed by atoms with Crippen LogP contribution in [0.15, 0.2) is 59.7 Å². The summed E-state index contributed by atoms with van der Waals surface area (Å²) in [6.07, 6.45) is 0.212. The van der Waals surface area contributed by atoms with Crippen LogP contribution in [0.4, 0.5) is 11.4 Å². The largest absolute Gasteiger partial charge is 0.451 e. The van der Waals surface area contributed by atoms with Gasteiger partial charge >= 0.3 is 5.97 Å². The lowest BCUT2D eigenvalue weighted by Crippen LogP contribution is -2.39. The summed E-state index contributed by atoms with van der Waals surface area (Å²) in [6.45, 7) is -0.814. The van der Waals surface area contributed by atoms with Crippen LogP contribution in [0, 0.1) is 0 Å². The van der Waals surface area contributed by atoms with Crippen molar-refractivity contribution in [2.24, 2.45) is 5.10 Å². The van der Waals surface area contributed by atoms with Crippen LogP contribution in [0.3, 0.4) is 0 Å². The molecule has 3 rings (SSSR count). The van der Waals surface area contributed by atoms with Gasteiger partial charge in [0.15, 0.2) is 6.61 Å². The minimum atomic E-state index is -0.791. The van der Waals surface area contributed by atoms with E-state index in [1.165, 1.54) is 7.05 Å². The van der Waals surface area contributed by atoms with Gasteiger partial charge in [-0.25, -0.2) is 9.80 Å². The topological polar surface area (TPSA) is 108 Å². The standard InChI is InChI=1S/C22H21ClN4O5/c1-26(13-19(28)24-17-10-6-5-9-16(17)23)21(30)14-32-22(31)18-11-12-20(29)27(25-18)15-7-3-2-4-8-15/h2-10H,11-14H2,1H3,(H,24,28). The first kappa shape index (κ1) is 23.0. The predicted molar refractivity (Wildman–Crippen MR) is 119 cm³/mol. The molecule has 0 saturated heterocycles. The second-order valence-corrected chi connectivity index (χ2v) is 7.35. The molecular weight excluding hydrogens is 436 g/mol. The molecule has 0 aliphatic carbocycles. The Morgan fingerprint density at radius 1 is 1.09 bits per heavy atom. The third kappa shape index (κ3) is 5.92. The van der Waals surface area contributed by atoms with E-state index in [0.29, 0.717) is 16.4 Å². The zero-order valence-corrected chi connectivity index (χ0v) is 18.0. The summed E-state index contributed by atoms with van der Waals surface area (Å²) in [5.74, 6) is -2.05. The fourth-order valence-corrected chi connectivity index (χ4v) is 3.03. The SMILES string of the molecule is CN(CC(=O)Nc1ccccc1Cl)C(=O)COC(=O)C1=NN(c2ccccc2)C(=O)CC1. The summed E-state index contributed by atoms with van der Waals surface area (Å²) >= 11 is 6.00. The van der Waals surface area contributed by atoms with Crippen LogP contribution in [0.5, 0.6) is 0 Å². The molecule has 3 amide bonds. The molecule has 32 heavy (non-hydrogen) atoms. The summed E-state index contributed by atoms with van der Waals surface area (Å²) in [5.41, 5.74) is 1.00. The number of nitrogens with one attached hydrogen (secondary N) is 1. The summed E-state index contributed by atoms with van der Waals surface area (Å²) in [4.78, 5) is 50.0. The van der Waals surface area contributed by atoms with Gasteiger partial charge in [0.05, 0.1) is 22.9 Å². The molecule has 9 nitrogen and oxygen atoms in total. The Hall–Kier alpha value is -3.72. The van der Waals surface area contributed by atoms with Gasteiger partial charge in [0.1, 0.15) is 5.71 Å². The van der Waals surface area contributed by atoms with Gasteiger partial charge in [-0.1, -0.05) is 41.9 Å². The molecule has 0 bridgehead atoms. The van der Waals surface area contributed by atoms with Gasteiger partial charge in [-0.15, -0.1) is 0 Å². The molecular formula is C22H21ClN4O5. The highest BCUT2D eigenvalue weighted by molar-refractivity contribution is 6.38. The summed E-state index contributed by atoms with van der Waals surface area (Å²) in [7, 11) is 1.41. The first-order chi connectivity index (χ1) is 15.3. The zero-order valence-electron chi connectivity index (χ0n) is 17.3. The molecule has 0 spiro atoms. The number of halogens is 1. The number of benzene rings is 2. The fraction of sp³-hybridized carbons (Fsp3) is 0.227. The molecule has 0 saturated carbocycles. The third-order valence-electron chi connectivity index (χ3n) is 4.55. The van der Waals surface area contributed by atoms with Gasteiger partial charge in [0, 0.05) is 19.9 Å². The van der Waals surface area contributed by atoms with Crippen molar-refractivity contribution in [2.45, 2.75) is 12.8 Å². The number of likely N-dealkylation sites (N-methyl/N-ethyl adjacent to an activating group) is 1. The maximum atomic E-state index is 12.4. The zero-order chi connectivity index (χ0) is 23.1. The molecule has 1 aliphatic rings. The molecule has 0 radical (unpaired) electrons. The molecule has 0 unspecified atom stereocenters. The van der Waals surface area contributed by atoms with Gasteiger partial charge in [0.25, 0.3) is 5.91 Å². The lowest BCUT2D eigenvalue weighted by atomic mass is 10.1. The van der Waals surface area contributed by atoms with Crippen molar-refractivity contribution < 1.29 is 23.9 Å². The van der Waals surface area contributed by atoms with Crippen LogP contribution in [0.25, 0.3) is 0 Å². The summed E-state index contributed by atoms with van der Waals surface area (Å²) in [6, 6.07) is 15.4. The van der Waals surface area contributed by atoms with Gasteiger partial charge in [-0.2, -0.15) is 5.10 Å². The maximum Gasteiger partial charge on any atom is 0.355 e. The van der Waals surface area contributed by atoms with Crippen molar-refractivity contribution in [1.29, 1.82) is 0 Å². The quantitative estimate of drug-likeness (QED) is 0.644. The number of carbonyl (C=O) groups excluding carboxylic acids is 4. The Morgan fingerprint density at radius 3 is 2.50 bits per heavy atom. The Balaban J connectivity index is 1.52. The van der Waals surface area contributed by atoms with E-state index in [1.54, 1.807) is 54.6 Å². The Morgan fingerprint density at radius 2 is 1.78 bits per heavy atom. The second-order valence-electron chi connectivity index (χ2n) is 6.94.